The number of hydrogen-bond acceptors (Lipinski definition) is 5. The van der Waals surface area contributed by atoms with Gasteiger partial charge in [0.05, 0.1) is 17.3 Å². The molecule has 2 aromatic rings. The molecular weight excluding hydrogens is 302 g/mol. The zero-order valence-electron chi connectivity index (χ0n) is 12.1. The molecule has 110 valence electrons. The van der Waals surface area contributed by atoms with Crippen molar-refractivity contribution in [2.24, 2.45) is 0 Å². The minimum absolute atomic E-state index is 0.215. The Morgan fingerprint density at radius 1 is 1.45 bits per heavy atom. The van der Waals surface area contributed by atoms with Crippen molar-refractivity contribution < 1.29 is 14.4 Å². The second-order valence-corrected chi connectivity index (χ2v) is 5.45. The first-order valence-electron chi connectivity index (χ1n) is 6.68. The molecule has 3 rings (SSSR count). The number of halogens is 1. The number of ether oxygens (including phenoxy) is 1. The van der Waals surface area contributed by atoms with Gasteiger partial charge < -0.3 is 14.4 Å². The van der Waals surface area contributed by atoms with Gasteiger partial charge in [0.15, 0.2) is 0 Å². The van der Waals surface area contributed by atoms with Gasteiger partial charge in [-0.2, -0.15) is 5.26 Å². The topological polar surface area (TPSA) is 75.4 Å². The van der Waals surface area contributed by atoms with Gasteiger partial charge in [0.2, 0.25) is 5.88 Å². The van der Waals surface area contributed by atoms with Gasteiger partial charge in [0.25, 0.3) is 0 Å². The van der Waals surface area contributed by atoms with Crippen LogP contribution in [-0.4, -0.2) is 17.1 Å². The van der Waals surface area contributed by atoms with Crippen LogP contribution >= 0.6 is 11.6 Å². The molecule has 1 aliphatic heterocycles. The molecule has 0 bridgehead atoms. The SMILES string of the molecule is Cc1nc(Oc2ccc3c(c2C)COB3O)c(C#N)cc1Cl. The summed E-state index contributed by atoms with van der Waals surface area (Å²) in [5.74, 6) is 0.786. The van der Waals surface area contributed by atoms with Crippen LogP contribution in [0.25, 0.3) is 0 Å². The molecule has 0 aliphatic carbocycles. The molecule has 0 fully saturated rings. The number of nitriles is 1. The summed E-state index contributed by atoms with van der Waals surface area (Å²) >= 11 is 5.98. The van der Waals surface area contributed by atoms with E-state index in [4.69, 9.17) is 21.0 Å². The monoisotopic (exact) mass is 314 g/mol. The van der Waals surface area contributed by atoms with E-state index in [9.17, 15) is 10.3 Å². The third kappa shape index (κ3) is 2.44. The molecule has 0 saturated carbocycles. The van der Waals surface area contributed by atoms with Crippen molar-refractivity contribution in [3.63, 3.8) is 0 Å². The number of fused-ring (bicyclic) bond motifs is 1. The van der Waals surface area contributed by atoms with E-state index in [0.717, 1.165) is 16.6 Å². The first-order valence-corrected chi connectivity index (χ1v) is 7.06. The van der Waals surface area contributed by atoms with Crippen molar-refractivity contribution in [1.82, 2.24) is 4.98 Å². The lowest BCUT2D eigenvalue weighted by Gasteiger charge is -2.12. The van der Waals surface area contributed by atoms with Crippen molar-refractivity contribution in [3.8, 4) is 17.7 Å². The van der Waals surface area contributed by atoms with Crippen LogP contribution < -0.4 is 10.2 Å². The third-order valence-corrected chi connectivity index (χ3v) is 4.06. The number of aryl methyl sites for hydroxylation is 1. The van der Waals surface area contributed by atoms with Gasteiger partial charge in [0, 0.05) is 0 Å². The van der Waals surface area contributed by atoms with E-state index in [0.29, 0.717) is 23.1 Å². The fourth-order valence-electron chi connectivity index (χ4n) is 2.36. The second-order valence-electron chi connectivity index (χ2n) is 5.04. The van der Waals surface area contributed by atoms with Crippen molar-refractivity contribution >= 4 is 24.2 Å². The minimum Gasteiger partial charge on any atom is -0.437 e. The normalized spacial score (nSPS) is 13.0. The highest BCUT2D eigenvalue weighted by molar-refractivity contribution is 6.61. The van der Waals surface area contributed by atoms with Crippen LogP contribution in [0.5, 0.6) is 11.6 Å². The summed E-state index contributed by atoms with van der Waals surface area (Å²) < 4.78 is 11.0. The Balaban J connectivity index is 2.02. The maximum atomic E-state index is 9.70. The van der Waals surface area contributed by atoms with Crippen LogP contribution in [0, 0.1) is 25.2 Å². The van der Waals surface area contributed by atoms with Gasteiger partial charge in [-0.15, -0.1) is 0 Å². The molecule has 1 aromatic carbocycles. The van der Waals surface area contributed by atoms with Crippen LogP contribution in [0.4, 0.5) is 0 Å². The highest BCUT2D eigenvalue weighted by Crippen LogP contribution is 2.31. The quantitative estimate of drug-likeness (QED) is 0.860. The summed E-state index contributed by atoms with van der Waals surface area (Å²) in [6.07, 6.45) is 0. The van der Waals surface area contributed by atoms with Crippen LogP contribution in [0.15, 0.2) is 18.2 Å². The fraction of sp³-hybridized carbons (Fsp3) is 0.200. The first-order chi connectivity index (χ1) is 10.5. The Labute approximate surface area is 133 Å². The standard InChI is InChI=1S/C15H12BClN2O3/c1-8-11-7-21-16(20)12(11)3-4-14(8)22-15-10(6-18)5-13(17)9(2)19-15/h3-5,20H,7H2,1-2H3. The molecule has 0 unspecified atom stereocenters. The predicted molar refractivity (Wildman–Crippen MR) is 82.3 cm³/mol. The molecule has 0 radical (unpaired) electrons. The van der Waals surface area contributed by atoms with Crippen molar-refractivity contribution in [1.29, 1.82) is 5.26 Å². The lowest BCUT2D eigenvalue weighted by molar-refractivity contribution is 0.274. The van der Waals surface area contributed by atoms with Crippen molar-refractivity contribution in [2.45, 2.75) is 20.5 Å². The predicted octanol–water partition coefficient (Wildman–Crippen LogP) is 2.23. The smallest absolute Gasteiger partial charge is 0.437 e. The maximum Gasteiger partial charge on any atom is 0.491 e. The summed E-state index contributed by atoms with van der Waals surface area (Å²) in [4.78, 5) is 4.23. The molecule has 7 heteroatoms. The lowest BCUT2D eigenvalue weighted by atomic mass is 9.78. The number of pyridine rings is 1. The Morgan fingerprint density at radius 3 is 2.95 bits per heavy atom. The first kappa shape index (κ1) is 14.9. The summed E-state index contributed by atoms with van der Waals surface area (Å²) in [6.45, 7) is 3.96. The molecule has 0 spiro atoms. The Hall–Kier alpha value is -2.07. The van der Waals surface area contributed by atoms with E-state index in [1.165, 1.54) is 6.07 Å². The highest BCUT2D eigenvalue weighted by atomic mass is 35.5. The average molecular weight is 315 g/mol. The molecule has 1 N–H and O–H groups in total. The van der Waals surface area contributed by atoms with Gasteiger partial charge in [0.1, 0.15) is 17.4 Å². The van der Waals surface area contributed by atoms with Gasteiger partial charge in [-0.25, -0.2) is 4.98 Å². The van der Waals surface area contributed by atoms with Gasteiger partial charge in [-0.3, -0.25) is 0 Å². The molecule has 1 aromatic heterocycles. The molecule has 0 atom stereocenters. The van der Waals surface area contributed by atoms with Crippen LogP contribution in [0.3, 0.4) is 0 Å². The zero-order valence-corrected chi connectivity index (χ0v) is 12.8. The van der Waals surface area contributed by atoms with Crippen molar-refractivity contribution in [3.05, 3.63) is 45.6 Å². The van der Waals surface area contributed by atoms with Crippen LogP contribution in [0.2, 0.25) is 5.02 Å². The molecule has 1 aliphatic rings. The number of nitrogens with zero attached hydrogens (tertiary/aromatic N) is 2. The maximum absolute atomic E-state index is 9.70. The Bertz CT molecular complexity index is 804. The number of benzene rings is 1. The molecule has 22 heavy (non-hydrogen) atoms. The van der Waals surface area contributed by atoms with E-state index in [2.05, 4.69) is 4.98 Å². The number of hydrogen-bond donors (Lipinski definition) is 1. The van der Waals surface area contributed by atoms with E-state index in [1.54, 1.807) is 19.1 Å². The minimum atomic E-state index is -0.895. The molecular formula is C15H12BClN2O3. The summed E-state index contributed by atoms with van der Waals surface area (Å²) in [5.41, 5.74) is 3.35. The van der Waals surface area contributed by atoms with Crippen LogP contribution in [-0.2, 0) is 11.3 Å². The van der Waals surface area contributed by atoms with Gasteiger partial charge in [-0.05, 0) is 42.6 Å². The molecule has 5 nitrogen and oxygen atoms in total. The zero-order chi connectivity index (χ0) is 15.9. The molecule has 0 saturated heterocycles. The molecule has 2 heterocycles. The van der Waals surface area contributed by atoms with E-state index >= 15 is 0 Å². The van der Waals surface area contributed by atoms with Crippen LogP contribution in [0.1, 0.15) is 22.4 Å². The van der Waals surface area contributed by atoms with Gasteiger partial charge >= 0.3 is 7.12 Å². The van der Waals surface area contributed by atoms with E-state index in [1.807, 2.05) is 13.0 Å². The van der Waals surface area contributed by atoms with Crippen molar-refractivity contribution in [2.75, 3.05) is 0 Å². The van der Waals surface area contributed by atoms with Gasteiger partial charge in [-0.1, -0.05) is 17.7 Å². The summed E-state index contributed by atoms with van der Waals surface area (Å²) in [6, 6.07) is 7.05. The summed E-state index contributed by atoms with van der Waals surface area (Å²) in [7, 11) is -0.895. The van der Waals surface area contributed by atoms with E-state index in [-0.39, 0.29) is 11.4 Å². The summed E-state index contributed by atoms with van der Waals surface area (Å²) in [5, 5.41) is 19.3. The lowest BCUT2D eigenvalue weighted by Crippen LogP contribution is -2.28. The third-order valence-electron chi connectivity index (χ3n) is 3.68. The fourth-order valence-corrected chi connectivity index (χ4v) is 2.51. The number of aromatic nitrogens is 1. The second kappa shape index (κ2) is 5.62. The Morgan fingerprint density at radius 2 is 2.23 bits per heavy atom. The average Bonchev–Trinajstić information content (AvgIpc) is 2.87. The largest absolute Gasteiger partial charge is 0.491 e. The van der Waals surface area contributed by atoms with E-state index < -0.39 is 7.12 Å². The molecule has 0 amide bonds. The number of rotatable bonds is 2. The highest BCUT2D eigenvalue weighted by Gasteiger charge is 2.29. The Kier molecular flexibility index (Phi) is 3.79.